The molecule has 7 nitrogen and oxygen atoms in total. The predicted octanol–water partition coefficient (Wildman–Crippen LogP) is 5.01. The van der Waals surface area contributed by atoms with Gasteiger partial charge < -0.3 is 24.6 Å². The molecule has 0 amide bonds. The molecule has 2 saturated heterocycles. The van der Waals surface area contributed by atoms with Crippen LogP contribution < -0.4 is 4.74 Å². The Morgan fingerprint density at radius 3 is 2.42 bits per heavy atom. The number of nitrogens with zero attached hydrogens (tertiary/aromatic N) is 3. The summed E-state index contributed by atoms with van der Waals surface area (Å²) >= 11 is 0. The van der Waals surface area contributed by atoms with E-state index < -0.39 is 23.6 Å². The van der Waals surface area contributed by atoms with Gasteiger partial charge in [-0.25, -0.2) is 13.2 Å². The summed E-state index contributed by atoms with van der Waals surface area (Å²) in [6.45, 7) is 6.08. The number of pyridine rings is 1. The smallest absolute Gasteiger partial charge is 0.194 e. The first-order valence-electron chi connectivity index (χ1n) is 15.2. The number of hydrogen-bond acceptors (Lipinski definition) is 7. The van der Waals surface area contributed by atoms with Gasteiger partial charge in [-0.05, 0) is 111 Å². The average Bonchev–Trinajstić information content (AvgIpc) is 3.03. The summed E-state index contributed by atoms with van der Waals surface area (Å²) in [5.41, 5.74) is 2.82. The first-order chi connectivity index (χ1) is 20.8. The van der Waals surface area contributed by atoms with E-state index in [2.05, 4.69) is 14.8 Å². The van der Waals surface area contributed by atoms with Crippen LogP contribution in [0.2, 0.25) is 0 Å². The number of likely N-dealkylation sites (tertiary alicyclic amines) is 1. The van der Waals surface area contributed by atoms with Crippen LogP contribution in [-0.4, -0.2) is 84.7 Å². The molecule has 0 unspecified atom stereocenters. The van der Waals surface area contributed by atoms with Crippen molar-refractivity contribution in [2.75, 3.05) is 59.7 Å². The number of aliphatic hydroxyl groups is 2. The topological polar surface area (TPSA) is 78.3 Å². The fourth-order valence-electron chi connectivity index (χ4n) is 6.46. The van der Waals surface area contributed by atoms with E-state index in [1.165, 1.54) is 0 Å². The van der Waals surface area contributed by atoms with Gasteiger partial charge in [-0.15, -0.1) is 0 Å². The van der Waals surface area contributed by atoms with Crippen LogP contribution in [-0.2, 0) is 17.7 Å². The Bertz CT molecular complexity index is 1350. The third kappa shape index (κ3) is 7.67. The van der Waals surface area contributed by atoms with Gasteiger partial charge in [0.2, 0.25) is 0 Å². The zero-order valence-corrected chi connectivity index (χ0v) is 24.8. The second-order valence-corrected chi connectivity index (χ2v) is 12.0. The number of aromatic nitrogens is 1. The Kier molecular flexibility index (Phi) is 10.6. The second-order valence-electron chi connectivity index (χ2n) is 12.0. The number of fused-ring (bicyclic) bond motifs is 1. The van der Waals surface area contributed by atoms with Crippen LogP contribution in [0.5, 0.6) is 5.75 Å². The van der Waals surface area contributed by atoms with E-state index >= 15 is 0 Å². The molecule has 0 spiro atoms. The van der Waals surface area contributed by atoms with Crippen molar-refractivity contribution in [3.05, 3.63) is 70.7 Å². The minimum absolute atomic E-state index is 0.0489. The first kappa shape index (κ1) is 31.7. The highest BCUT2D eigenvalue weighted by atomic mass is 19.2. The number of halogens is 3. The van der Waals surface area contributed by atoms with E-state index in [9.17, 15) is 23.4 Å². The van der Waals surface area contributed by atoms with Crippen molar-refractivity contribution in [3.8, 4) is 5.75 Å². The Hall–Kier alpha value is -2.76. The highest BCUT2D eigenvalue weighted by Crippen LogP contribution is 2.40. The maximum atomic E-state index is 13.5. The number of rotatable bonds is 12. The van der Waals surface area contributed by atoms with E-state index in [0.717, 1.165) is 79.7 Å². The van der Waals surface area contributed by atoms with Crippen LogP contribution in [0.25, 0.3) is 10.9 Å². The number of hydrogen-bond donors (Lipinski definition) is 2. The molecule has 234 valence electrons. The molecule has 3 aromatic rings. The van der Waals surface area contributed by atoms with E-state index in [0.29, 0.717) is 56.8 Å². The summed E-state index contributed by atoms with van der Waals surface area (Å²) < 4.78 is 51.3. The van der Waals surface area contributed by atoms with E-state index in [1.54, 1.807) is 7.11 Å². The van der Waals surface area contributed by atoms with Gasteiger partial charge in [-0.3, -0.25) is 9.88 Å². The van der Waals surface area contributed by atoms with E-state index in [-0.39, 0.29) is 12.0 Å². The zero-order chi connectivity index (χ0) is 30.4. The number of piperidine rings is 1. The number of aliphatic hydroxyl groups excluding tert-OH is 2. The van der Waals surface area contributed by atoms with Crippen molar-refractivity contribution in [2.45, 2.75) is 51.2 Å². The van der Waals surface area contributed by atoms with Crippen LogP contribution in [0.15, 0.2) is 36.5 Å². The van der Waals surface area contributed by atoms with Crippen LogP contribution in [0, 0.1) is 22.9 Å². The van der Waals surface area contributed by atoms with Gasteiger partial charge in [0, 0.05) is 37.8 Å². The maximum Gasteiger partial charge on any atom is 0.194 e. The quantitative estimate of drug-likeness (QED) is 0.283. The Morgan fingerprint density at radius 1 is 1.02 bits per heavy atom. The molecule has 1 aromatic heterocycles. The minimum atomic E-state index is -1.43. The summed E-state index contributed by atoms with van der Waals surface area (Å²) in [6, 6.07) is 7.85. The molecule has 2 N–H and O–H groups in total. The Morgan fingerprint density at radius 2 is 1.74 bits per heavy atom. The van der Waals surface area contributed by atoms with Gasteiger partial charge in [0.25, 0.3) is 0 Å². The molecular formula is C33H42F3N3O4. The summed E-state index contributed by atoms with van der Waals surface area (Å²) in [5.74, 6) is -3.04. The first-order valence-corrected chi connectivity index (χ1v) is 15.2. The summed E-state index contributed by atoms with van der Waals surface area (Å²) in [7, 11) is 1.63. The van der Waals surface area contributed by atoms with Gasteiger partial charge in [-0.2, -0.15) is 0 Å². The van der Waals surface area contributed by atoms with E-state index in [1.807, 2.05) is 24.4 Å². The summed E-state index contributed by atoms with van der Waals surface area (Å²) in [4.78, 5) is 9.30. The SMILES string of the molecule is COc1ccc2ncc(CN3CCOCC3)c([C@@H](O)CCC3(CO)CCN(CCCc4cc(F)c(F)c(F)c4)CC3)c2c1. The van der Waals surface area contributed by atoms with Crippen molar-refractivity contribution < 1.29 is 32.9 Å². The van der Waals surface area contributed by atoms with Crippen molar-refractivity contribution >= 4 is 10.9 Å². The molecule has 0 saturated carbocycles. The lowest BCUT2D eigenvalue weighted by Crippen LogP contribution is -2.42. The van der Waals surface area contributed by atoms with Gasteiger partial charge in [0.1, 0.15) is 5.75 Å². The van der Waals surface area contributed by atoms with Crippen LogP contribution >= 0.6 is 0 Å². The minimum Gasteiger partial charge on any atom is -0.497 e. The maximum absolute atomic E-state index is 13.5. The van der Waals surface area contributed by atoms with Gasteiger partial charge >= 0.3 is 0 Å². The van der Waals surface area contributed by atoms with Crippen molar-refractivity contribution in [1.29, 1.82) is 0 Å². The number of methoxy groups -OCH3 is 1. The molecular weight excluding hydrogens is 559 g/mol. The monoisotopic (exact) mass is 601 g/mol. The number of benzene rings is 2. The Labute approximate surface area is 251 Å². The van der Waals surface area contributed by atoms with Crippen LogP contribution in [0.1, 0.15) is 54.9 Å². The molecule has 5 rings (SSSR count). The van der Waals surface area contributed by atoms with Crippen LogP contribution in [0.4, 0.5) is 13.2 Å². The normalized spacial score (nSPS) is 18.7. The highest BCUT2D eigenvalue weighted by Gasteiger charge is 2.35. The summed E-state index contributed by atoms with van der Waals surface area (Å²) in [5, 5.41) is 23.0. The predicted molar refractivity (Wildman–Crippen MR) is 158 cm³/mol. The fraction of sp³-hybridized carbons (Fsp3) is 0.545. The zero-order valence-electron chi connectivity index (χ0n) is 24.8. The molecule has 2 aromatic carbocycles. The molecule has 0 aliphatic carbocycles. The van der Waals surface area contributed by atoms with Crippen molar-refractivity contribution in [3.63, 3.8) is 0 Å². The van der Waals surface area contributed by atoms with Crippen molar-refractivity contribution in [2.24, 2.45) is 5.41 Å². The molecule has 1 atom stereocenters. The van der Waals surface area contributed by atoms with E-state index in [4.69, 9.17) is 9.47 Å². The number of morpholine rings is 1. The van der Waals surface area contributed by atoms with Gasteiger partial charge in [0.05, 0.1) is 31.9 Å². The highest BCUT2D eigenvalue weighted by molar-refractivity contribution is 5.85. The largest absolute Gasteiger partial charge is 0.497 e. The van der Waals surface area contributed by atoms with Crippen molar-refractivity contribution in [1.82, 2.24) is 14.8 Å². The molecule has 10 heteroatoms. The number of ether oxygens (including phenoxy) is 2. The lowest BCUT2D eigenvalue weighted by molar-refractivity contribution is 0.0227. The molecule has 43 heavy (non-hydrogen) atoms. The molecule has 0 radical (unpaired) electrons. The average molecular weight is 602 g/mol. The standard InChI is InChI=1S/C33H42F3N3O4/c1-42-25-4-5-29-26(19-25)31(24(20-37-29)21-39-13-15-43-16-14-39)30(41)6-7-33(22-40)8-11-38(12-9-33)10-2-3-23-17-27(34)32(36)28(35)18-23/h4-5,17-20,30,40-41H,2-3,6-16,21-22H2,1H3/t30-/m0/s1. The summed E-state index contributed by atoms with van der Waals surface area (Å²) in [6.07, 6.45) is 5.07. The second kappa shape index (κ2) is 14.3. The molecule has 2 aliphatic rings. The molecule has 2 aliphatic heterocycles. The third-order valence-corrected chi connectivity index (χ3v) is 9.21. The molecule has 3 heterocycles. The van der Waals surface area contributed by atoms with Gasteiger partial charge in [0.15, 0.2) is 17.5 Å². The van der Waals surface area contributed by atoms with Crippen LogP contribution in [0.3, 0.4) is 0 Å². The fourth-order valence-corrected chi connectivity index (χ4v) is 6.46. The molecule has 2 fully saturated rings. The lowest BCUT2D eigenvalue weighted by atomic mass is 9.74. The Balaban J connectivity index is 1.22. The molecule has 0 bridgehead atoms. The lowest BCUT2D eigenvalue weighted by Gasteiger charge is -2.41. The number of aryl methyl sites for hydroxylation is 1. The third-order valence-electron chi connectivity index (χ3n) is 9.21. The van der Waals surface area contributed by atoms with Gasteiger partial charge in [-0.1, -0.05) is 0 Å².